The Morgan fingerprint density at radius 3 is 2.40 bits per heavy atom. The van der Waals surface area contributed by atoms with Crippen molar-refractivity contribution in [2.24, 2.45) is 0 Å². The topological polar surface area (TPSA) is 58.6 Å². The molecule has 0 aliphatic carbocycles. The van der Waals surface area contributed by atoms with Gasteiger partial charge < -0.3 is 14.5 Å². The Bertz CT molecular complexity index is 968. The first-order valence-electron chi connectivity index (χ1n) is 10.4. The van der Waals surface area contributed by atoms with Crippen molar-refractivity contribution < 1.29 is 9.53 Å². The van der Waals surface area contributed by atoms with Gasteiger partial charge in [-0.1, -0.05) is 49.4 Å². The Morgan fingerprint density at radius 2 is 1.70 bits per heavy atom. The fourth-order valence-electron chi connectivity index (χ4n) is 3.49. The molecular weight excluding hydrogens is 376 g/mol. The molecule has 0 saturated carbocycles. The lowest BCUT2D eigenvalue weighted by Gasteiger charge is -2.35. The van der Waals surface area contributed by atoms with Crippen LogP contribution in [0.5, 0.6) is 5.75 Å². The van der Waals surface area contributed by atoms with Crippen molar-refractivity contribution in [3.8, 4) is 17.1 Å². The number of carbonyl (C=O) groups is 1. The fourth-order valence-corrected chi connectivity index (χ4v) is 3.49. The maximum Gasteiger partial charge on any atom is 0.260 e. The Balaban J connectivity index is 1.30. The number of carbonyl (C=O) groups excluding carboxylic acids is 1. The van der Waals surface area contributed by atoms with E-state index in [0.29, 0.717) is 18.9 Å². The number of benzene rings is 2. The second kappa shape index (κ2) is 9.39. The van der Waals surface area contributed by atoms with Gasteiger partial charge in [0.1, 0.15) is 11.6 Å². The zero-order valence-electron chi connectivity index (χ0n) is 17.2. The summed E-state index contributed by atoms with van der Waals surface area (Å²) in [4.78, 5) is 25.7. The van der Waals surface area contributed by atoms with E-state index >= 15 is 0 Å². The lowest BCUT2D eigenvalue weighted by molar-refractivity contribution is -0.133. The van der Waals surface area contributed by atoms with Crippen molar-refractivity contribution in [2.75, 3.05) is 37.7 Å². The average molecular weight is 402 g/mol. The number of anilines is 1. The minimum absolute atomic E-state index is 0.0156. The standard InChI is InChI=1S/C24H26N4O2/c1-2-19-8-10-21(11-9-19)30-18-23(29)28-16-14-27(15-17-28)22-12-13-25-24(26-22)20-6-4-3-5-7-20/h3-13H,2,14-18H2,1H3. The third-order valence-corrected chi connectivity index (χ3v) is 5.32. The monoisotopic (exact) mass is 402 g/mol. The molecule has 3 aromatic rings. The highest BCUT2D eigenvalue weighted by atomic mass is 16.5. The van der Waals surface area contributed by atoms with Gasteiger partial charge in [-0.2, -0.15) is 0 Å². The summed E-state index contributed by atoms with van der Waals surface area (Å²) < 4.78 is 5.67. The summed E-state index contributed by atoms with van der Waals surface area (Å²) in [7, 11) is 0. The van der Waals surface area contributed by atoms with Gasteiger partial charge in [0.05, 0.1) is 0 Å². The van der Waals surface area contributed by atoms with Gasteiger partial charge in [-0.05, 0) is 30.2 Å². The SMILES string of the molecule is CCc1ccc(OCC(=O)N2CCN(c3ccnc(-c4ccccc4)n3)CC2)cc1. The van der Waals surface area contributed by atoms with Crippen LogP contribution in [0.25, 0.3) is 11.4 Å². The smallest absolute Gasteiger partial charge is 0.260 e. The van der Waals surface area contributed by atoms with Gasteiger partial charge in [-0.15, -0.1) is 0 Å². The average Bonchev–Trinajstić information content (AvgIpc) is 2.83. The number of rotatable bonds is 6. The second-order valence-corrected chi connectivity index (χ2v) is 7.26. The fraction of sp³-hybridized carbons (Fsp3) is 0.292. The number of ether oxygens (including phenoxy) is 1. The molecular formula is C24H26N4O2. The van der Waals surface area contributed by atoms with Crippen molar-refractivity contribution in [1.82, 2.24) is 14.9 Å². The summed E-state index contributed by atoms with van der Waals surface area (Å²) in [6, 6.07) is 19.8. The van der Waals surface area contributed by atoms with Gasteiger partial charge >= 0.3 is 0 Å². The van der Waals surface area contributed by atoms with E-state index in [1.54, 1.807) is 6.20 Å². The third kappa shape index (κ3) is 4.76. The van der Waals surface area contributed by atoms with Crippen molar-refractivity contribution in [3.05, 3.63) is 72.4 Å². The highest BCUT2D eigenvalue weighted by Gasteiger charge is 2.22. The van der Waals surface area contributed by atoms with Crippen LogP contribution < -0.4 is 9.64 Å². The molecule has 30 heavy (non-hydrogen) atoms. The summed E-state index contributed by atoms with van der Waals surface area (Å²) in [5.41, 5.74) is 2.25. The first-order valence-corrected chi connectivity index (χ1v) is 10.4. The van der Waals surface area contributed by atoms with Gasteiger partial charge in [0.25, 0.3) is 5.91 Å². The van der Waals surface area contributed by atoms with E-state index in [0.717, 1.165) is 36.6 Å². The number of aryl methyl sites for hydroxylation is 1. The van der Waals surface area contributed by atoms with Crippen molar-refractivity contribution in [1.29, 1.82) is 0 Å². The Morgan fingerprint density at radius 1 is 0.967 bits per heavy atom. The summed E-state index contributed by atoms with van der Waals surface area (Å²) in [5.74, 6) is 2.35. The molecule has 1 aliphatic rings. The molecule has 0 N–H and O–H groups in total. The Labute approximate surface area is 177 Å². The minimum atomic E-state index is 0.0156. The van der Waals surface area contributed by atoms with Crippen molar-refractivity contribution >= 4 is 11.7 Å². The predicted molar refractivity (Wildman–Crippen MR) is 118 cm³/mol. The van der Waals surface area contributed by atoms with Crippen LogP contribution in [0.15, 0.2) is 66.9 Å². The zero-order valence-corrected chi connectivity index (χ0v) is 17.2. The molecule has 154 valence electrons. The van der Waals surface area contributed by atoms with Gasteiger partial charge in [0, 0.05) is 37.9 Å². The number of hydrogen-bond donors (Lipinski definition) is 0. The van der Waals surface area contributed by atoms with Crippen LogP contribution in [-0.2, 0) is 11.2 Å². The molecule has 1 amide bonds. The Hall–Kier alpha value is -3.41. The van der Waals surface area contributed by atoms with Crippen LogP contribution in [-0.4, -0.2) is 53.6 Å². The first-order chi connectivity index (χ1) is 14.7. The van der Waals surface area contributed by atoms with Crippen LogP contribution in [0.3, 0.4) is 0 Å². The molecule has 1 aromatic heterocycles. The molecule has 0 spiro atoms. The highest BCUT2D eigenvalue weighted by Crippen LogP contribution is 2.19. The Kier molecular flexibility index (Phi) is 6.23. The summed E-state index contributed by atoms with van der Waals surface area (Å²) in [6.45, 7) is 4.97. The summed E-state index contributed by atoms with van der Waals surface area (Å²) in [6.07, 6.45) is 2.78. The summed E-state index contributed by atoms with van der Waals surface area (Å²) in [5, 5.41) is 0. The van der Waals surface area contributed by atoms with Crippen LogP contribution in [0.4, 0.5) is 5.82 Å². The van der Waals surface area contributed by atoms with E-state index in [-0.39, 0.29) is 12.5 Å². The largest absolute Gasteiger partial charge is 0.484 e. The van der Waals surface area contributed by atoms with E-state index in [2.05, 4.69) is 16.8 Å². The number of piperazine rings is 1. The normalized spacial score (nSPS) is 13.9. The van der Waals surface area contributed by atoms with E-state index in [9.17, 15) is 4.79 Å². The lowest BCUT2D eigenvalue weighted by atomic mass is 10.2. The molecule has 2 aromatic carbocycles. The van der Waals surface area contributed by atoms with E-state index in [1.807, 2.05) is 65.6 Å². The lowest BCUT2D eigenvalue weighted by Crippen LogP contribution is -2.50. The van der Waals surface area contributed by atoms with E-state index in [1.165, 1.54) is 5.56 Å². The van der Waals surface area contributed by atoms with Crippen LogP contribution in [0, 0.1) is 0 Å². The predicted octanol–water partition coefficient (Wildman–Crippen LogP) is 3.43. The van der Waals surface area contributed by atoms with Crippen LogP contribution in [0.1, 0.15) is 12.5 Å². The summed E-state index contributed by atoms with van der Waals surface area (Å²) >= 11 is 0. The molecule has 6 heteroatoms. The quantitative estimate of drug-likeness (QED) is 0.632. The molecule has 0 atom stereocenters. The third-order valence-electron chi connectivity index (χ3n) is 5.32. The molecule has 1 fully saturated rings. The highest BCUT2D eigenvalue weighted by molar-refractivity contribution is 5.78. The number of amides is 1. The van der Waals surface area contributed by atoms with Gasteiger partial charge in [0.2, 0.25) is 0 Å². The first kappa shape index (κ1) is 19.9. The van der Waals surface area contributed by atoms with Crippen LogP contribution >= 0.6 is 0 Å². The molecule has 0 radical (unpaired) electrons. The molecule has 6 nitrogen and oxygen atoms in total. The number of hydrogen-bond acceptors (Lipinski definition) is 5. The maximum atomic E-state index is 12.5. The van der Waals surface area contributed by atoms with Gasteiger partial charge in [-0.3, -0.25) is 4.79 Å². The number of nitrogens with zero attached hydrogens (tertiary/aromatic N) is 4. The van der Waals surface area contributed by atoms with E-state index in [4.69, 9.17) is 9.72 Å². The number of aromatic nitrogens is 2. The minimum Gasteiger partial charge on any atom is -0.484 e. The molecule has 0 unspecified atom stereocenters. The maximum absolute atomic E-state index is 12.5. The second-order valence-electron chi connectivity index (χ2n) is 7.26. The van der Waals surface area contributed by atoms with Crippen LogP contribution in [0.2, 0.25) is 0 Å². The zero-order chi connectivity index (χ0) is 20.8. The molecule has 4 rings (SSSR count). The van der Waals surface area contributed by atoms with Gasteiger partial charge in [-0.25, -0.2) is 9.97 Å². The molecule has 1 saturated heterocycles. The molecule has 1 aliphatic heterocycles. The van der Waals surface area contributed by atoms with Crippen molar-refractivity contribution in [2.45, 2.75) is 13.3 Å². The van der Waals surface area contributed by atoms with Crippen molar-refractivity contribution in [3.63, 3.8) is 0 Å². The molecule has 0 bridgehead atoms. The van der Waals surface area contributed by atoms with Gasteiger partial charge in [0.15, 0.2) is 12.4 Å². The molecule has 2 heterocycles. The van der Waals surface area contributed by atoms with E-state index < -0.39 is 0 Å².